The Kier molecular flexibility index (Phi) is 9.69. The number of unbranched alkanes of at least 4 members (excludes halogenated alkanes) is 2. The molecule has 1 N–H and O–H groups in total. The van der Waals surface area contributed by atoms with E-state index in [9.17, 15) is 4.79 Å². The third-order valence-electron chi connectivity index (χ3n) is 6.03. The number of aromatic nitrogens is 2. The van der Waals surface area contributed by atoms with Crippen molar-refractivity contribution in [2.24, 2.45) is 0 Å². The average molecular weight is 540 g/mol. The summed E-state index contributed by atoms with van der Waals surface area (Å²) in [4.78, 5) is 16.9. The third kappa shape index (κ3) is 7.88. The van der Waals surface area contributed by atoms with Gasteiger partial charge in [0.2, 0.25) is 0 Å². The van der Waals surface area contributed by atoms with Gasteiger partial charge in [-0.3, -0.25) is 4.79 Å². The molecule has 0 saturated carbocycles. The van der Waals surface area contributed by atoms with E-state index in [1.54, 1.807) is 24.3 Å². The molecule has 4 aromatic rings. The topological polar surface area (TPSA) is 65.4 Å². The Balaban J connectivity index is 1.21. The van der Waals surface area contributed by atoms with Crippen LogP contribution >= 0.6 is 23.2 Å². The van der Waals surface area contributed by atoms with Crippen LogP contribution < -0.4 is 14.8 Å². The van der Waals surface area contributed by atoms with E-state index >= 15 is 0 Å². The molecule has 1 amide bonds. The van der Waals surface area contributed by atoms with Crippen LogP contribution in [0.15, 0.2) is 66.7 Å². The second-order valence-electron chi connectivity index (χ2n) is 8.83. The molecule has 37 heavy (non-hydrogen) atoms. The van der Waals surface area contributed by atoms with Crippen molar-refractivity contribution in [2.45, 2.75) is 39.2 Å². The summed E-state index contributed by atoms with van der Waals surface area (Å²) in [7, 11) is 0. The number of nitrogens with one attached hydrogen (secondary N) is 1. The fourth-order valence-corrected chi connectivity index (χ4v) is 4.31. The first-order chi connectivity index (χ1) is 18.0. The molecule has 8 heteroatoms. The summed E-state index contributed by atoms with van der Waals surface area (Å²) >= 11 is 12.0. The maximum atomic E-state index is 12.0. The summed E-state index contributed by atoms with van der Waals surface area (Å²) in [6.45, 7) is 3.83. The molecule has 194 valence electrons. The zero-order valence-electron chi connectivity index (χ0n) is 20.9. The Hall–Kier alpha value is -3.22. The first-order valence-corrected chi connectivity index (χ1v) is 13.2. The molecule has 6 nitrogen and oxygen atoms in total. The molecule has 0 unspecified atom stereocenters. The number of hydrogen-bond acceptors (Lipinski definition) is 4. The highest BCUT2D eigenvalue weighted by molar-refractivity contribution is 6.31. The summed E-state index contributed by atoms with van der Waals surface area (Å²) in [5.41, 5.74) is 3.10. The number of aryl methyl sites for hydroxylation is 2. The predicted molar refractivity (Wildman–Crippen MR) is 149 cm³/mol. The number of imidazole rings is 1. The summed E-state index contributed by atoms with van der Waals surface area (Å²) in [5.74, 6) is 2.36. The summed E-state index contributed by atoms with van der Waals surface area (Å²) in [5, 5.41) is 4.28. The highest BCUT2D eigenvalue weighted by Gasteiger charge is 2.11. The van der Waals surface area contributed by atoms with Gasteiger partial charge in [0, 0.05) is 23.0 Å². The van der Waals surface area contributed by atoms with Crippen LogP contribution in [0, 0.1) is 6.92 Å². The number of rotatable bonds is 13. The van der Waals surface area contributed by atoms with Crippen molar-refractivity contribution in [2.75, 3.05) is 19.8 Å². The number of carbonyl (C=O) groups is 1. The Morgan fingerprint density at radius 3 is 2.54 bits per heavy atom. The van der Waals surface area contributed by atoms with Gasteiger partial charge in [0.05, 0.1) is 17.6 Å². The molecule has 0 aliphatic carbocycles. The zero-order valence-corrected chi connectivity index (χ0v) is 22.4. The van der Waals surface area contributed by atoms with Crippen LogP contribution in [0.1, 0.15) is 30.7 Å². The van der Waals surface area contributed by atoms with Crippen molar-refractivity contribution in [3.05, 3.63) is 88.2 Å². The second kappa shape index (κ2) is 13.4. The lowest BCUT2D eigenvalue weighted by Gasteiger charge is -2.12. The van der Waals surface area contributed by atoms with Gasteiger partial charge in [0.1, 0.15) is 23.9 Å². The smallest absolute Gasteiger partial charge is 0.257 e. The molecule has 0 spiro atoms. The molecule has 0 fully saturated rings. The number of para-hydroxylation sites is 2. The predicted octanol–water partition coefficient (Wildman–Crippen LogP) is 6.64. The average Bonchev–Trinajstić information content (AvgIpc) is 3.25. The van der Waals surface area contributed by atoms with E-state index in [4.69, 9.17) is 37.7 Å². The number of ether oxygens (including phenoxy) is 2. The number of fused-ring (bicyclic) bond motifs is 1. The van der Waals surface area contributed by atoms with E-state index in [2.05, 4.69) is 16.0 Å². The zero-order chi connectivity index (χ0) is 26.0. The maximum absolute atomic E-state index is 12.0. The minimum Gasteiger partial charge on any atom is -0.492 e. The number of nitrogens with zero attached hydrogens (tertiary/aromatic N) is 2. The Bertz CT molecular complexity index is 1320. The van der Waals surface area contributed by atoms with Crippen molar-refractivity contribution >= 4 is 40.1 Å². The normalized spacial score (nSPS) is 11.0. The molecular weight excluding hydrogens is 509 g/mol. The first kappa shape index (κ1) is 26.8. The summed E-state index contributed by atoms with van der Waals surface area (Å²) < 4.78 is 13.7. The monoisotopic (exact) mass is 539 g/mol. The van der Waals surface area contributed by atoms with Gasteiger partial charge in [0.15, 0.2) is 6.61 Å². The van der Waals surface area contributed by atoms with Gasteiger partial charge in [-0.1, -0.05) is 41.8 Å². The van der Waals surface area contributed by atoms with Crippen LogP contribution in [0.5, 0.6) is 11.5 Å². The molecule has 3 aromatic carbocycles. The molecule has 4 rings (SSSR count). The Labute approximate surface area is 227 Å². The highest BCUT2D eigenvalue weighted by Crippen LogP contribution is 2.22. The van der Waals surface area contributed by atoms with Crippen LogP contribution in [0.25, 0.3) is 11.0 Å². The molecule has 1 heterocycles. The molecular formula is C29H31Cl2N3O3. The van der Waals surface area contributed by atoms with Crippen LogP contribution in [0.2, 0.25) is 10.0 Å². The maximum Gasteiger partial charge on any atom is 0.257 e. The van der Waals surface area contributed by atoms with Gasteiger partial charge in [-0.15, -0.1) is 0 Å². The van der Waals surface area contributed by atoms with E-state index in [0.717, 1.165) is 58.9 Å². The standard InChI is InChI=1S/C29H31Cl2N3O3/c1-21-19-24(14-15-25(21)31)36-18-17-34-27-8-5-4-7-26(27)33-28(34)9-3-2-6-16-32-29(35)20-37-23-12-10-22(30)11-13-23/h4-5,7-8,10-15,19H,2-3,6,9,16-18,20H2,1H3,(H,32,35). The number of carbonyl (C=O) groups excluding carboxylic acids is 1. The van der Waals surface area contributed by atoms with Gasteiger partial charge in [-0.05, 0) is 79.9 Å². The lowest BCUT2D eigenvalue weighted by molar-refractivity contribution is -0.123. The quantitative estimate of drug-likeness (QED) is 0.193. The van der Waals surface area contributed by atoms with E-state index in [1.807, 2.05) is 43.3 Å². The van der Waals surface area contributed by atoms with Crippen molar-refractivity contribution < 1.29 is 14.3 Å². The van der Waals surface area contributed by atoms with Gasteiger partial charge < -0.3 is 19.4 Å². The fourth-order valence-electron chi connectivity index (χ4n) is 4.07. The Morgan fingerprint density at radius 2 is 1.73 bits per heavy atom. The third-order valence-corrected chi connectivity index (χ3v) is 6.71. The van der Waals surface area contributed by atoms with Crippen LogP contribution in [-0.4, -0.2) is 35.2 Å². The van der Waals surface area contributed by atoms with E-state index in [1.165, 1.54) is 0 Å². The molecule has 1 aromatic heterocycles. The fraction of sp³-hybridized carbons (Fsp3) is 0.310. The second-order valence-corrected chi connectivity index (χ2v) is 9.67. The number of benzene rings is 3. The van der Waals surface area contributed by atoms with Crippen LogP contribution in [0.4, 0.5) is 0 Å². The minimum absolute atomic E-state index is 0.0106. The van der Waals surface area contributed by atoms with Crippen molar-refractivity contribution in [1.82, 2.24) is 14.9 Å². The van der Waals surface area contributed by atoms with Crippen LogP contribution in [0.3, 0.4) is 0 Å². The highest BCUT2D eigenvalue weighted by atomic mass is 35.5. The van der Waals surface area contributed by atoms with Gasteiger partial charge in [-0.25, -0.2) is 4.98 Å². The molecule has 0 bridgehead atoms. The largest absolute Gasteiger partial charge is 0.492 e. The van der Waals surface area contributed by atoms with Gasteiger partial charge in [-0.2, -0.15) is 0 Å². The van der Waals surface area contributed by atoms with Crippen molar-refractivity contribution in [3.8, 4) is 11.5 Å². The minimum atomic E-state index is -0.132. The number of amides is 1. The Morgan fingerprint density at radius 1 is 0.946 bits per heavy atom. The molecule has 0 radical (unpaired) electrons. The van der Waals surface area contributed by atoms with Crippen molar-refractivity contribution in [3.63, 3.8) is 0 Å². The number of halogens is 2. The lowest BCUT2D eigenvalue weighted by Crippen LogP contribution is -2.29. The first-order valence-electron chi connectivity index (χ1n) is 12.5. The van der Waals surface area contributed by atoms with Gasteiger partial charge in [0.25, 0.3) is 5.91 Å². The lowest BCUT2D eigenvalue weighted by atomic mass is 10.2. The number of hydrogen-bond donors (Lipinski definition) is 1. The van der Waals surface area contributed by atoms with E-state index in [-0.39, 0.29) is 12.5 Å². The summed E-state index contributed by atoms with van der Waals surface area (Å²) in [6.07, 6.45) is 3.73. The summed E-state index contributed by atoms with van der Waals surface area (Å²) in [6, 6.07) is 20.8. The van der Waals surface area contributed by atoms with Crippen molar-refractivity contribution in [1.29, 1.82) is 0 Å². The van der Waals surface area contributed by atoms with E-state index in [0.29, 0.717) is 30.5 Å². The molecule has 0 saturated heterocycles. The SMILES string of the molecule is Cc1cc(OCCn2c(CCCCCNC(=O)COc3ccc(Cl)cc3)nc3ccccc32)ccc1Cl. The van der Waals surface area contributed by atoms with E-state index < -0.39 is 0 Å². The molecule has 0 aliphatic rings. The molecule has 0 aliphatic heterocycles. The van der Waals surface area contributed by atoms with Gasteiger partial charge >= 0.3 is 0 Å². The van der Waals surface area contributed by atoms with Crippen LogP contribution in [-0.2, 0) is 17.8 Å². The molecule has 0 atom stereocenters.